The molecule has 0 bridgehead atoms. The molecule has 2 rings (SSSR count). The van der Waals surface area contributed by atoms with Crippen LogP contribution in [0.25, 0.3) is 0 Å². The van der Waals surface area contributed by atoms with Gasteiger partial charge in [-0.05, 0) is 17.7 Å². The lowest BCUT2D eigenvalue weighted by Gasteiger charge is -2.27. The molecule has 100 valence electrons. The third kappa shape index (κ3) is 2.48. The van der Waals surface area contributed by atoms with Crippen molar-refractivity contribution in [2.75, 3.05) is 0 Å². The monoisotopic (exact) mass is 322 g/mol. The van der Waals surface area contributed by atoms with Gasteiger partial charge in [0.25, 0.3) is 0 Å². The van der Waals surface area contributed by atoms with Crippen molar-refractivity contribution in [3.8, 4) is 12.1 Å². The van der Waals surface area contributed by atoms with Crippen LogP contribution in [0, 0.1) is 34.0 Å². The van der Waals surface area contributed by atoms with E-state index >= 15 is 0 Å². The Hall–Kier alpha value is -1.66. The molecule has 1 aliphatic heterocycles. The maximum atomic E-state index is 9.28. The van der Waals surface area contributed by atoms with E-state index in [2.05, 4.69) is 6.07 Å². The summed E-state index contributed by atoms with van der Waals surface area (Å²) in [5.41, 5.74) is 6.74. The normalized spacial score (nSPS) is 22.3. The Bertz CT molecular complexity index is 699. The van der Waals surface area contributed by atoms with E-state index in [1.807, 2.05) is 6.07 Å². The number of nitriles is 2. The molecule has 1 aromatic carbocycles. The van der Waals surface area contributed by atoms with Crippen molar-refractivity contribution in [2.45, 2.75) is 5.92 Å². The number of benzene rings is 1. The highest BCUT2D eigenvalue weighted by Gasteiger charge is 2.37. The molecule has 0 fully saturated rings. The van der Waals surface area contributed by atoms with Crippen LogP contribution in [0.2, 0.25) is 10.0 Å². The van der Waals surface area contributed by atoms with Crippen molar-refractivity contribution in [2.24, 2.45) is 11.7 Å². The standard InChI is InChI=1S/C13H8Cl2N4S/c14-9-2-1-6(3-10(9)15)11-7(4-16)12(18)20-13(19)8(11)5-17/h1-3,7,11,18H,19H2/t7-,11+/m0/s1. The van der Waals surface area contributed by atoms with Crippen LogP contribution >= 0.6 is 35.0 Å². The summed E-state index contributed by atoms with van der Waals surface area (Å²) in [6.07, 6.45) is 0. The maximum Gasteiger partial charge on any atom is 0.106 e. The Morgan fingerprint density at radius 2 is 1.95 bits per heavy atom. The first-order valence-corrected chi connectivity index (χ1v) is 7.07. The molecular weight excluding hydrogens is 315 g/mol. The Morgan fingerprint density at radius 3 is 2.50 bits per heavy atom. The predicted molar refractivity (Wildman–Crippen MR) is 80.5 cm³/mol. The fourth-order valence-corrected chi connectivity index (χ4v) is 3.17. The van der Waals surface area contributed by atoms with Crippen molar-refractivity contribution in [3.05, 3.63) is 44.4 Å². The third-order valence-corrected chi connectivity index (χ3v) is 4.63. The number of hydrogen-bond acceptors (Lipinski definition) is 5. The van der Waals surface area contributed by atoms with Gasteiger partial charge in [0.05, 0.1) is 37.8 Å². The summed E-state index contributed by atoms with van der Waals surface area (Å²) in [5.74, 6) is -1.34. The lowest BCUT2D eigenvalue weighted by molar-refractivity contribution is 0.729. The average molecular weight is 323 g/mol. The second-order valence-electron chi connectivity index (χ2n) is 4.11. The molecule has 3 N–H and O–H groups in total. The van der Waals surface area contributed by atoms with Crippen molar-refractivity contribution in [1.29, 1.82) is 15.9 Å². The van der Waals surface area contributed by atoms with E-state index in [0.29, 0.717) is 15.6 Å². The molecule has 0 radical (unpaired) electrons. The van der Waals surface area contributed by atoms with Crippen LogP contribution in [0.5, 0.6) is 0 Å². The summed E-state index contributed by atoms with van der Waals surface area (Å²) in [6.45, 7) is 0. The molecule has 1 aliphatic rings. The van der Waals surface area contributed by atoms with Crippen molar-refractivity contribution in [1.82, 2.24) is 0 Å². The minimum absolute atomic E-state index is 0.125. The zero-order chi connectivity index (χ0) is 14.9. The summed E-state index contributed by atoms with van der Waals surface area (Å²) in [4.78, 5) is 0. The molecule has 0 unspecified atom stereocenters. The molecule has 20 heavy (non-hydrogen) atoms. The molecule has 4 nitrogen and oxygen atoms in total. The van der Waals surface area contributed by atoms with Gasteiger partial charge < -0.3 is 5.73 Å². The largest absolute Gasteiger partial charge is 0.392 e. The molecule has 0 aromatic heterocycles. The number of allylic oxidation sites excluding steroid dienone is 1. The zero-order valence-corrected chi connectivity index (χ0v) is 12.4. The van der Waals surface area contributed by atoms with Crippen molar-refractivity contribution >= 4 is 40.0 Å². The van der Waals surface area contributed by atoms with Gasteiger partial charge in [-0.1, -0.05) is 41.0 Å². The minimum Gasteiger partial charge on any atom is -0.392 e. The van der Waals surface area contributed by atoms with E-state index in [4.69, 9.17) is 34.3 Å². The molecule has 1 aromatic rings. The van der Waals surface area contributed by atoms with Gasteiger partial charge in [0.1, 0.15) is 5.92 Å². The van der Waals surface area contributed by atoms with E-state index in [0.717, 1.165) is 11.8 Å². The summed E-state index contributed by atoms with van der Waals surface area (Å²) in [6, 6.07) is 8.99. The predicted octanol–water partition coefficient (Wildman–Crippen LogP) is 3.63. The van der Waals surface area contributed by atoms with Gasteiger partial charge in [0.2, 0.25) is 0 Å². The number of nitrogens with two attached hydrogens (primary N) is 1. The van der Waals surface area contributed by atoms with Crippen LogP contribution in [0.1, 0.15) is 11.5 Å². The topological polar surface area (TPSA) is 97.4 Å². The van der Waals surface area contributed by atoms with Crippen LogP contribution in [0.4, 0.5) is 0 Å². The smallest absolute Gasteiger partial charge is 0.106 e. The molecule has 1 heterocycles. The molecular formula is C13H8Cl2N4S. The van der Waals surface area contributed by atoms with Crippen LogP contribution < -0.4 is 5.73 Å². The van der Waals surface area contributed by atoms with Crippen LogP contribution in [0.15, 0.2) is 28.8 Å². The maximum absolute atomic E-state index is 9.28. The van der Waals surface area contributed by atoms with Gasteiger partial charge in [-0.3, -0.25) is 5.41 Å². The molecule has 0 spiro atoms. The first-order chi connectivity index (χ1) is 9.49. The van der Waals surface area contributed by atoms with Crippen molar-refractivity contribution in [3.63, 3.8) is 0 Å². The molecule has 0 saturated carbocycles. The quantitative estimate of drug-likeness (QED) is 0.824. The summed E-state index contributed by atoms with van der Waals surface area (Å²) < 4.78 is 0. The summed E-state index contributed by atoms with van der Waals surface area (Å²) in [7, 11) is 0. The third-order valence-electron chi connectivity index (χ3n) is 2.97. The number of nitrogens with zero attached hydrogens (tertiary/aromatic N) is 2. The molecule has 7 heteroatoms. The SMILES string of the molecule is N#CC1=C(N)SC(=N)[C@@H](C#N)[C@H]1c1ccc(Cl)c(Cl)c1. The molecule has 0 amide bonds. The average Bonchev–Trinajstić information content (AvgIpc) is 2.41. The summed E-state index contributed by atoms with van der Waals surface area (Å²) >= 11 is 12.8. The molecule has 0 aliphatic carbocycles. The fourth-order valence-electron chi connectivity index (χ4n) is 2.03. The lowest BCUT2D eigenvalue weighted by Crippen LogP contribution is -2.26. The zero-order valence-electron chi connectivity index (χ0n) is 10.0. The Labute approximate surface area is 130 Å². The van der Waals surface area contributed by atoms with Crippen LogP contribution in [-0.4, -0.2) is 5.04 Å². The van der Waals surface area contributed by atoms with Crippen LogP contribution in [-0.2, 0) is 0 Å². The van der Waals surface area contributed by atoms with Gasteiger partial charge in [-0.25, -0.2) is 0 Å². The van der Waals surface area contributed by atoms with E-state index < -0.39 is 11.8 Å². The van der Waals surface area contributed by atoms with Crippen molar-refractivity contribution < 1.29 is 0 Å². The lowest BCUT2D eigenvalue weighted by atomic mass is 9.82. The Kier molecular flexibility index (Phi) is 4.25. The minimum atomic E-state index is -0.751. The number of hydrogen-bond donors (Lipinski definition) is 2. The number of halogens is 2. The first-order valence-electron chi connectivity index (χ1n) is 5.50. The van der Waals surface area contributed by atoms with Crippen LogP contribution in [0.3, 0.4) is 0 Å². The second kappa shape index (κ2) is 5.76. The number of nitrogens with one attached hydrogen (secondary N) is 1. The summed E-state index contributed by atoms with van der Waals surface area (Å²) in [5, 5.41) is 27.5. The molecule has 0 saturated heterocycles. The number of rotatable bonds is 1. The highest BCUT2D eigenvalue weighted by atomic mass is 35.5. The molecule has 2 atom stereocenters. The Morgan fingerprint density at radius 1 is 1.25 bits per heavy atom. The van der Waals surface area contributed by atoms with Gasteiger partial charge in [0, 0.05) is 5.92 Å². The number of thioether (sulfide) groups is 1. The van der Waals surface area contributed by atoms with E-state index in [-0.39, 0.29) is 15.6 Å². The van der Waals surface area contributed by atoms with E-state index in [9.17, 15) is 10.5 Å². The van der Waals surface area contributed by atoms with E-state index in [1.165, 1.54) is 0 Å². The van der Waals surface area contributed by atoms with E-state index in [1.54, 1.807) is 18.2 Å². The van der Waals surface area contributed by atoms with Gasteiger partial charge in [-0.15, -0.1) is 0 Å². The Balaban J connectivity index is 2.62. The highest BCUT2D eigenvalue weighted by Crippen LogP contribution is 2.43. The van der Waals surface area contributed by atoms with Gasteiger partial charge in [-0.2, -0.15) is 10.5 Å². The first kappa shape index (κ1) is 14.7. The van der Waals surface area contributed by atoms with Gasteiger partial charge >= 0.3 is 0 Å². The second-order valence-corrected chi connectivity index (χ2v) is 6.01. The highest BCUT2D eigenvalue weighted by molar-refractivity contribution is 8.17. The fraction of sp³-hybridized carbons (Fsp3) is 0.154. The van der Waals surface area contributed by atoms with Gasteiger partial charge in [0.15, 0.2) is 0 Å².